The van der Waals surface area contributed by atoms with Gasteiger partial charge in [0.1, 0.15) is 6.29 Å². The van der Waals surface area contributed by atoms with Crippen molar-refractivity contribution in [3.63, 3.8) is 0 Å². The number of fused-ring (bicyclic) bond motifs is 1. The summed E-state index contributed by atoms with van der Waals surface area (Å²) in [5.74, 6) is 1.31. The molecule has 3 fully saturated rings. The lowest BCUT2D eigenvalue weighted by Gasteiger charge is -2.45. The summed E-state index contributed by atoms with van der Waals surface area (Å²) < 4.78 is 5.65. The predicted octanol–water partition coefficient (Wildman–Crippen LogP) is 1.49. The molecule has 3 aliphatic rings. The molecule has 6 atom stereocenters. The second-order valence-electron chi connectivity index (χ2n) is 7.41. The van der Waals surface area contributed by atoms with Crippen LogP contribution in [-0.4, -0.2) is 38.3 Å². The second-order valence-corrected chi connectivity index (χ2v) is 7.41. The van der Waals surface area contributed by atoms with Gasteiger partial charge in [0, 0.05) is 19.1 Å². The highest BCUT2D eigenvalue weighted by molar-refractivity contribution is 4.92. The smallest absolute Gasteiger partial charge is 0.113 e. The Kier molecular flexibility index (Phi) is 6.10. The third-order valence-corrected chi connectivity index (χ3v) is 6.03. The zero-order valence-electron chi connectivity index (χ0n) is 14.0. The zero-order chi connectivity index (χ0) is 15.4. The van der Waals surface area contributed by atoms with Crippen LogP contribution in [0, 0.1) is 11.8 Å². The Morgan fingerprint density at radius 1 is 1.05 bits per heavy atom. The van der Waals surface area contributed by atoms with E-state index in [0.717, 1.165) is 6.54 Å². The van der Waals surface area contributed by atoms with Crippen molar-refractivity contribution in [3.05, 3.63) is 0 Å². The van der Waals surface area contributed by atoms with Gasteiger partial charge >= 0.3 is 0 Å². The van der Waals surface area contributed by atoms with Crippen LogP contribution in [-0.2, 0) is 4.74 Å². The third-order valence-electron chi connectivity index (χ3n) is 6.03. The van der Waals surface area contributed by atoms with Gasteiger partial charge in [0.25, 0.3) is 0 Å². The van der Waals surface area contributed by atoms with E-state index in [-0.39, 0.29) is 12.5 Å². The standard InChI is InChI=1S/C17H34N4O/c1-22-15-9-5-2-6-12(15)10-11-19-17-20-14-8-4-3-7-13(14)16(18)21-17/h12-17,19-21H,2-11,18H2,1H3. The minimum atomic E-state index is 0.130. The Labute approximate surface area is 135 Å². The van der Waals surface area contributed by atoms with Crippen molar-refractivity contribution >= 4 is 0 Å². The van der Waals surface area contributed by atoms with Crippen molar-refractivity contribution in [2.45, 2.75) is 82.4 Å². The summed E-state index contributed by atoms with van der Waals surface area (Å²) >= 11 is 0. The van der Waals surface area contributed by atoms with Crippen LogP contribution in [0.15, 0.2) is 0 Å². The monoisotopic (exact) mass is 310 g/mol. The SMILES string of the molecule is COC1CCCCC1CCNC1NC(N)C2CCCCC2N1. The van der Waals surface area contributed by atoms with Gasteiger partial charge in [-0.2, -0.15) is 0 Å². The molecule has 0 aromatic heterocycles. The maximum absolute atomic E-state index is 6.33. The van der Waals surface area contributed by atoms with Crippen molar-refractivity contribution in [1.29, 1.82) is 0 Å². The average Bonchev–Trinajstić information content (AvgIpc) is 2.55. The van der Waals surface area contributed by atoms with Crippen molar-refractivity contribution in [2.75, 3.05) is 13.7 Å². The number of methoxy groups -OCH3 is 1. The van der Waals surface area contributed by atoms with Gasteiger partial charge in [-0.05, 0) is 44.6 Å². The van der Waals surface area contributed by atoms with Gasteiger partial charge < -0.3 is 10.5 Å². The largest absolute Gasteiger partial charge is 0.381 e. The molecule has 0 bridgehead atoms. The van der Waals surface area contributed by atoms with Gasteiger partial charge in [0.2, 0.25) is 0 Å². The van der Waals surface area contributed by atoms with E-state index in [1.807, 2.05) is 7.11 Å². The Hall–Kier alpha value is -0.200. The van der Waals surface area contributed by atoms with Crippen LogP contribution in [0.4, 0.5) is 0 Å². The van der Waals surface area contributed by atoms with Gasteiger partial charge in [-0.3, -0.25) is 16.0 Å². The third kappa shape index (κ3) is 4.01. The highest BCUT2D eigenvalue weighted by Gasteiger charge is 2.36. The Bertz CT molecular complexity index is 341. The van der Waals surface area contributed by atoms with Crippen LogP contribution in [0.1, 0.15) is 57.8 Å². The molecule has 22 heavy (non-hydrogen) atoms. The van der Waals surface area contributed by atoms with Crippen molar-refractivity contribution in [3.8, 4) is 0 Å². The Morgan fingerprint density at radius 3 is 2.68 bits per heavy atom. The van der Waals surface area contributed by atoms with Crippen molar-refractivity contribution in [2.24, 2.45) is 17.6 Å². The van der Waals surface area contributed by atoms with Crippen LogP contribution < -0.4 is 21.7 Å². The fourth-order valence-electron chi connectivity index (χ4n) is 4.72. The Balaban J connectivity index is 1.41. The molecule has 3 rings (SSSR count). The van der Waals surface area contributed by atoms with E-state index in [0.29, 0.717) is 24.0 Å². The lowest BCUT2D eigenvalue weighted by atomic mass is 9.81. The fraction of sp³-hybridized carbons (Fsp3) is 1.00. The number of rotatable bonds is 5. The fourth-order valence-corrected chi connectivity index (χ4v) is 4.72. The molecule has 0 radical (unpaired) electrons. The highest BCUT2D eigenvalue weighted by atomic mass is 16.5. The molecule has 1 aliphatic heterocycles. The van der Waals surface area contributed by atoms with Gasteiger partial charge in [-0.25, -0.2) is 0 Å². The first-order valence-corrected chi connectivity index (χ1v) is 9.32. The van der Waals surface area contributed by atoms with Crippen LogP contribution in [0.2, 0.25) is 0 Å². The molecule has 1 heterocycles. The van der Waals surface area contributed by atoms with E-state index >= 15 is 0 Å². The van der Waals surface area contributed by atoms with Crippen LogP contribution in [0.25, 0.3) is 0 Å². The van der Waals surface area contributed by atoms with Crippen LogP contribution in [0.3, 0.4) is 0 Å². The second kappa shape index (κ2) is 8.06. The summed E-state index contributed by atoms with van der Waals surface area (Å²) in [5, 5.41) is 10.8. The molecule has 5 N–H and O–H groups in total. The molecule has 1 saturated heterocycles. The summed E-state index contributed by atoms with van der Waals surface area (Å²) in [6.07, 6.45) is 12.4. The van der Waals surface area contributed by atoms with Crippen LogP contribution in [0.5, 0.6) is 0 Å². The first-order valence-electron chi connectivity index (χ1n) is 9.32. The minimum absolute atomic E-state index is 0.130. The summed E-state index contributed by atoms with van der Waals surface area (Å²) in [6.45, 7) is 1.03. The maximum Gasteiger partial charge on any atom is 0.113 e. The summed E-state index contributed by atoms with van der Waals surface area (Å²) in [4.78, 5) is 0. The molecule has 5 nitrogen and oxygen atoms in total. The zero-order valence-corrected chi connectivity index (χ0v) is 14.0. The topological polar surface area (TPSA) is 71.3 Å². The van der Waals surface area contributed by atoms with E-state index in [4.69, 9.17) is 10.5 Å². The number of hydrogen-bond donors (Lipinski definition) is 4. The van der Waals surface area contributed by atoms with Crippen LogP contribution >= 0.6 is 0 Å². The van der Waals surface area contributed by atoms with E-state index in [1.54, 1.807) is 0 Å². The van der Waals surface area contributed by atoms with Gasteiger partial charge in [0.15, 0.2) is 0 Å². The molecule has 0 spiro atoms. The molecule has 2 saturated carbocycles. The van der Waals surface area contributed by atoms with Gasteiger partial charge in [0.05, 0.1) is 12.3 Å². The minimum Gasteiger partial charge on any atom is -0.381 e. The molecular weight excluding hydrogens is 276 g/mol. The van der Waals surface area contributed by atoms with Crippen molar-refractivity contribution < 1.29 is 4.74 Å². The lowest BCUT2D eigenvalue weighted by Crippen LogP contribution is -2.70. The number of nitrogens with one attached hydrogen (secondary N) is 3. The number of nitrogens with two attached hydrogens (primary N) is 1. The molecule has 0 aromatic rings. The number of ether oxygens (including phenoxy) is 1. The molecule has 2 aliphatic carbocycles. The molecule has 0 aromatic carbocycles. The first kappa shape index (κ1) is 16.7. The maximum atomic E-state index is 6.33. The first-order chi connectivity index (χ1) is 10.8. The van der Waals surface area contributed by atoms with E-state index in [1.165, 1.54) is 57.8 Å². The quantitative estimate of drug-likeness (QED) is 0.619. The number of hydrogen-bond acceptors (Lipinski definition) is 5. The molecule has 0 amide bonds. The van der Waals surface area contributed by atoms with E-state index in [2.05, 4.69) is 16.0 Å². The Morgan fingerprint density at radius 2 is 1.82 bits per heavy atom. The van der Waals surface area contributed by atoms with Crippen molar-refractivity contribution in [1.82, 2.24) is 16.0 Å². The molecule has 5 heteroatoms. The summed E-state index contributed by atoms with van der Waals surface area (Å²) in [7, 11) is 1.86. The molecular formula is C17H34N4O. The molecule has 6 unspecified atom stereocenters. The lowest BCUT2D eigenvalue weighted by molar-refractivity contribution is 0.0192. The highest BCUT2D eigenvalue weighted by Crippen LogP contribution is 2.29. The van der Waals surface area contributed by atoms with E-state index < -0.39 is 0 Å². The summed E-state index contributed by atoms with van der Waals surface area (Å²) in [5.41, 5.74) is 6.33. The normalized spacial score (nSPS) is 42.8. The van der Waals surface area contributed by atoms with Gasteiger partial charge in [-0.15, -0.1) is 0 Å². The summed E-state index contributed by atoms with van der Waals surface area (Å²) in [6, 6.07) is 0.587. The molecule has 128 valence electrons. The predicted molar refractivity (Wildman–Crippen MR) is 89.2 cm³/mol. The van der Waals surface area contributed by atoms with E-state index in [9.17, 15) is 0 Å². The average molecular weight is 310 g/mol. The van der Waals surface area contributed by atoms with Gasteiger partial charge in [-0.1, -0.05) is 25.7 Å².